The van der Waals surface area contributed by atoms with Crippen molar-refractivity contribution in [2.24, 2.45) is 4.99 Å². The summed E-state index contributed by atoms with van der Waals surface area (Å²) in [5.41, 5.74) is 1.18. The molecule has 6 heteroatoms. The molecular weight excluding hydrogens is 415 g/mol. The Morgan fingerprint density at radius 3 is 2.62 bits per heavy atom. The Morgan fingerprint density at radius 1 is 1.25 bits per heavy atom. The van der Waals surface area contributed by atoms with Crippen LogP contribution < -0.4 is 15.4 Å². The van der Waals surface area contributed by atoms with Gasteiger partial charge in [-0.1, -0.05) is 19.1 Å². The van der Waals surface area contributed by atoms with Crippen LogP contribution >= 0.6 is 24.0 Å². The molecule has 0 spiro atoms. The number of nitrogens with one attached hydrogen (secondary N) is 2. The Balaban J connectivity index is 0.00000288. The molecule has 1 fully saturated rings. The Hall–Kier alpha value is -1.02. The van der Waals surface area contributed by atoms with Crippen molar-refractivity contribution in [3.05, 3.63) is 29.8 Å². The Bertz CT molecular complexity index is 492. The van der Waals surface area contributed by atoms with E-state index in [-0.39, 0.29) is 24.0 Å². The summed E-state index contributed by atoms with van der Waals surface area (Å²) < 4.78 is 5.18. The van der Waals surface area contributed by atoms with Gasteiger partial charge in [0.05, 0.1) is 13.7 Å². The lowest BCUT2D eigenvalue weighted by molar-refractivity contribution is 0.267. The number of benzene rings is 1. The zero-order chi connectivity index (χ0) is 16.5. The fraction of sp³-hybridized carbons (Fsp3) is 0.611. The summed E-state index contributed by atoms with van der Waals surface area (Å²) >= 11 is 0. The van der Waals surface area contributed by atoms with E-state index in [2.05, 4.69) is 46.5 Å². The van der Waals surface area contributed by atoms with Crippen LogP contribution in [0.4, 0.5) is 0 Å². The van der Waals surface area contributed by atoms with Gasteiger partial charge in [-0.15, -0.1) is 24.0 Å². The molecule has 1 aliphatic rings. The van der Waals surface area contributed by atoms with Crippen molar-refractivity contribution < 1.29 is 4.74 Å². The van der Waals surface area contributed by atoms with E-state index in [0.717, 1.165) is 31.3 Å². The average Bonchev–Trinajstić information content (AvgIpc) is 3.05. The van der Waals surface area contributed by atoms with Crippen molar-refractivity contribution in [1.29, 1.82) is 0 Å². The predicted molar refractivity (Wildman–Crippen MR) is 111 cm³/mol. The van der Waals surface area contributed by atoms with Crippen LogP contribution in [0.2, 0.25) is 0 Å². The zero-order valence-electron chi connectivity index (χ0n) is 15.0. The van der Waals surface area contributed by atoms with Gasteiger partial charge in [0.25, 0.3) is 0 Å². The van der Waals surface area contributed by atoms with Gasteiger partial charge in [-0.3, -0.25) is 4.90 Å². The quantitative estimate of drug-likeness (QED) is 0.384. The maximum atomic E-state index is 5.18. The number of likely N-dealkylation sites (tertiary alicyclic amines) is 1. The molecule has 1 aromatic rings. The summed E-state index contributed by atoms with van der Waals surface area (Å²) in [7, 11) is 1.68. The van der Waals surface area contributed by atoms with Crippen molar-refractivity contribution in [2.45, 2.75) is 39.3 Å². The molecule has 0 aliphatic carbocycles. The number of nitrogens with zero attached hydrogens (tertiary/aromatic N) is 2. The molecule has 2 N–H and O–H groups in total. The minimum atomic E-state index is 0. The summed E-state index contributed by atoms with van der Waals surface area (Å²) in [6, 6.07) is 8.69. The molecular formula is C18H31IN4O. The molecule has 0 bridgehead atoms. The van der Waals surface area contributed by atoms with Crippen LogP contribution in [0.1, 0.15) is 32.3 Å². The van der Waals surface area contributed by atoms with Crippen molar-refractivity contribution in [2.75, 3.05) is 33.3 Å². The summed E-state index contributed by atoms with van der Waals surface area (Å²) in [6.07, 6.45) is 2.58. The lowest BCUT2D eigenvalue weighted by atomic mass is 10.2. The standard InChI is InChI=1S/C18H30N4O.HI/c1-4-19-18(21-14-16-7-6-12-22(16)5-2)20-13-15-8-10-17(23-3)11-9-15;/h8-11,16H,4-7,12-14H2,1-3H3,(H2,19,20,21);1H. The fourth-order valence-electron chi connectivity index (χ4n) is 3.00. The number of aliphatic imine (C=N–C) groups is 1. The highest BCUT2D eigenvalue weighted by Gasteiger charge is 2.22. The monoisotopic (exact) mass is 446 g/mol. The smallest absolute Gasteiger partial charge is 0.191 e. The van der Waals surface area contributed by atoms with Crippen LogP contribution in [-0.4, -0.2) is 50.2 Å². The van der Waals surface area contributed by atoms with E-state index in [1.807, 2.05) is 12.1 Å². The van der Waals surface area contributed by atoms with E-state index < -0.39 is 0 Å². The molecule has 1 saturated heterocycles. The topological polar surface area (TPSA) is 48.9 Å². The molecule has 0 aromatic heterocycles. The molecule has 0 saturated carbocycles. The maximum Gasteiger partial charge on any atom is 0.191 e. The van der Waals surface area contributed by atoms with Gasteiger partial charge >= 0.3 is 0 Å². The normalized spacial score (nSPS) is 18.1. The minimum Gasteiger partial charge on any atom is -0.497 e. The van der Waals surface area contributed by atoms with Gasteiger partial charge in [0.1, 0.15) is 5.75 Å². The number of ether oxygens (including phenoxy) is 1. The predicted octanol–water partition coefficient (Wildman–Crippen LogP) is 2.85. The van der Waals surface area contributed by atoms with Crippen LogP contribution in [0.5, 0.6) is 5.75 Å². The first-order chi connectivity index (χ1) is 11.3. The molecule has 136 valence electrons. The Labute approximate surface area is 163 Å². The van der Waals surface area contributed by atoms with E-state index in [9.17, 15) is 0 Å². The van der Waals surface area contributed by atoms with E-state index >= 15 is 0 Å². The second-order valence-electron chi connectivity index (χ2n) is 5.85. The number of hydrogen-bond donors (Lipinski definition) is 2. The minimum absolute atomic E-state index is 0. The van der Waals surface area contributed by atoms with Crippen LogP contribution in [0.15, 0.2) is 29.3 Å². The van der Waals surface area contributed by atoms with E-state index in [4.69, 9.17) is 4.74 Å². The third-order valence-corrected chi connectivity index (χ3v) is 4.33. The highest BCUT2D eigenvalue weighted by molar-refractivity contribution is 14.0. The molecule has 5 nitrogen and oxygen atoms in total. The second-order valence-corrected chi connectivity index (χ2v) is 5.85. The third kappa shape index (κ3) is 6.47. The van der Waals surface area contributed by atoms with Crippen LogP contribution in [0.3, 0.4) is 0 Å². The first-order valence-electron chi connectivity index (χ1n) is 8.66. The summed E-state index contributed by atoms with van der Waals surface area (Å²) in [4.78, 5) is 7.23. The van der Waals surface area contributed by atoms with Crippen molar-refractivity contribution in [3.8, 4) is 5.75 Å². The second kappa shape index (κ2) is 11.5. The number of likely N-dealkylation sites (N-methyl/N-ethyl adjacent to an activating group) is 1. The molecule has 1 aliphatic heterocycles. The maximum absolute atomic E-state index is 5.18. The molecule has 1 heterocycles. The number of hydrogen-bond acceptors (Lipinski definition) is 3. The van der Waals surface area contributed by atoms with Gasteiger partial charge in [0, 0.05) is 19.1 Å². The third-order valence-electron chi connectivity index (χ3n) is 4.33. The molecule has 1 aromatic carbocycles. The van der Waals surface area contributed by atoms with E-state index in [0.29, 0.717) is 12.6 Å². The SMILES string of the molecule is CCNC(=NCc1ccc(OC)cc1)NCC1CCCN1CC.I. The molecule has 1 atom stereocenters. The highest BCUT2D eigenvalue weighted by atomic mass is 127. The van der Waals surface area contributed by atoms with Gasteiger partial charge in [-0.25, -0.2) is 4.99 Å². The lowest BCUT2D eigenvalue weighted by Gasteiger charge is -2.24. The summed E-state index contributed by atoms with van der Waals surface area (Å²) in [5, 5.41) is 6.82. The van der Waals surface area contributed by atoms with Gasteiger partial charge in [-0.2, -0.15) is 0 Å². The van der Waals surface area contributed by atoms with Gasteiger partial charge < -0.3 is 15.4 Å². The van der Waals surface area contributed by atoms with E-state index in [1.165, 1.54) is 24.9 Å². The van der Waals surface area contributed by atoms with Gasteiger partial charge in [0.2, 0.25) is 0 Å². The van der Waals surface area contributed by atoms with Crippen LogP contribution in [0, 0.1) is 0 Å². The van der Waals surface area contributed by atoms with Crippen LogP contribution in [-0.2, 0) is 6.54 Å². The number of methoxy groups -OCH3 is 1. The lowest BCUT2D eigenvalue weighted by Crippen LogP contribution is -2.44. The molecule has 0 amide bonds. The summed E-state index contributed by atoms with van der Waals surface area (Å²) in [5.74, 6) is 1.77. The zero-order valence-corrected chi connectivity index (χ0v) is 17.4. The van der Waals surface area contributed by atoms with Gasteiger partial charge in [0.15, 0.2) is 5.96 Å². The largest absolute Gasteiger partial charge is 0.497 e. The molecule has 24 heavy (non-hydrogen) atoms. The van der Waals surface area contributed by atoms with Crippen molar-refractivity contribution in [3.63, 3.8) is 0 Å². The summed E-state index contributed by atoms with van der Waals surface area (Å²) in [6.45, 7) is 9.19. The van der Waals surface area contributed by atoms with E-state index in [1.54, 1.807) is 7.11 Å². The van der Waals surface area contributed by atoms with Gasteiger partial charge in [-0.05, 0) is 50.6 Å². The molecule has 2 rings (SSSR count). The fourth-order valence-corrected chi connectivity index (χ4v) is 3.00. The molecule has 0 radical (unpaired) electrons. The number of rotatable bonds is 7. The van der Waals surface area contributed by atoms with Crippen molar-refractivity contribution >= 4 is 29.9 Å². The first-order valence-corrected chi connectivity index (χ1v) is 8.66. The number of guanidine groups is 1. The first kappa shape index (κ1) is 21.0. The Morgan fingerprint density at radius 2 is 2.00 bits per heavy atom. The Kier molecular flexibility index (Phi) is 10.1. The molecule has 1 unspecified atom stereocenters. The average molecular weight is 446 g/mol. The number of halogens is 1. The highest BCUT2D eigenvalue weighted by Crippen LogP contribution is 2.15. The van der Waals surface area contributed by atoms with Crippen molar-refractivity contribution in [1.82, 2.24) is 15.5 Å². The van der Waals surface area contributed by atoms with Crippen LogP contribution in [0.25, 0.3) is 0 Å².